The lowest BCUT2D eigenvalue weighted by atomic mass is 9.86. The SMILES string of the molecule is O=C1C(=Cc2ccc(O)c(Cl)c2)CCc2cc(O)ccc21. The first kappa shape index (κ1) is 13.7. The molecule has 1 aliphatic carbocycles. The standard InChI is InChI=1S/C17H13ClO3/c18-15-8-10(1-6-16(15)20)7-12-3-2-11-9-13(19)4-5-14(11)17(12)21/h1,4-9,19-20H,2-3H2. The minimum atomic E-state index is -0.0274. The number of halogens is 1. The third-order valence-corrected chi connectivity index (χ3v) is 3.90. The van der Waals surface area contributed by atoms with Crippen molar-refractivity contribution in [3.8, 4) is 11.5 Å². The van der Waals surface area contributed by atoms with Gasteiger partial charge in [0.05, 0.1) is 5.02 Å². The van der Waals surface area contributed by atoms with Gasteiger partial charge in [0.15, 0.2) is 5.78 Å². The molecule has 3 nitrogen and oxygen atoms in total. The summed E-state index contributed by atoms with van der Waals surface area (Å²) in [5.41, 5.74) is 2.99. The smallest absolute Gasteiger partial charge is 0.189 e. The molecule has 2 aromatic carbocycles. The minimum absolute atomic E-state index is 0.0228. The molecule has 0 saturated carbocycles. The third kappa shape index (κ3) is 2.65. The molecule has 0 radical (unpaired) electrons. The van der Waals surface area contributed by atoms with Gasteiger partial charge in [0.1, 0.15) is 11.5 Å². The predicted molar refractivity (Wildman–Crippen MR) is 81.9 cm³/mol. The Labute approximate surface area is 127 Å². The number of rotatable bonds is 1. The molecular formula is C17H13ClO3. The van der Waals surface area contributed by atoms with E-state index in [9.17, 15) is 15.0 Å². The van der Waals surface area contributed by atoms with E-state index in [1.54, 1.807) is 30.3 Å². The van der Waals surface area contributed by atoms with E-state index < -0.39 is 0 Å². The molecule has 0 aliphatic heterocycles. The van der Waals surface area contributed by atoms with Crippen LogP contribution in [0.25, 0.3) is 6.08 Å². The fourth-order valence-electron chi connectivity index (χ4n) is 2.52. The largest absolute Gasteiger partial charge is 0.508 e. The average molecular weight is 301 g/mol. The molecule has 0 heterocycles. The molecule has 0 aromatic heterocycles. The molecule has 3 rings (SSSR count). The van der Waals surface area contributed by atoms with Crippen molar-refractivity contribution in [1.82, 2.24) is 0 Å². The first-order chi connectivity index (χ1) is 10.0. The third-order valence-electron chi connectivity index (χ3n) is 3.60. The lowest BCUT2D eigenvalue weighted by Crippen LogP contribution is -2.13. The molecule has 2 aromatic rings. The van der Waals surface area contributed by atoms with Crippen LogP contribution in [0, 0.1) is 0 Å². The number of aromatic hydroxyl groups is 2. The molecule has 0 unspecified atom stereocenters. The van der Waals surface area contributed by atoms with Crippen LogP contribution >= 0.6 is 11.6 Å². The zero-order valence-corrected chi connectivity index (χ0v) is 11.9. The minimum Gasteiger partial charge on any atom is -0.508 e. The van der Waals surface area contributed by atoms with E-state index >= 15 is 0 Å². The van der Waals surface area contributed by atoms with Gasteiger partial charge in [0.25, 0.3) is 0 Å². The number of fused-ring (bicyclic) bond motifs is 1. The summed E-state index contributed by atoms with van der Waals surface area (Å²) >= 11 is 5.87. The molecule has 1 aliphatic rings. The van der Waals surface area contributed by atoms with Crippen LogP contribution in [0.5, 0.6) is 11.5 Å². The van der Waals surface area contributed by atoms with Crippen LogP contribution in [0.15, 0.2) is 42.0 Å². The lowest BCUT2D eigenvalue weighted by Gasteiger charge is -2.17. The highest BCUT2D eigenvalue weighted by atomic mass is 35.5. The number of phenolic OH excluding ortho intramolecular Hbond substituents is 2. The van der Waals surface area contributed by atoms with Gasteiger partial charge in [-0.3, -0.25) is 4.79 Å². The van der Waals surface area contributed by atoms with Gasteiger partial charge in [-0.05, 0) is 60.4 Å². The summed E-state index contributed by atoms with van der Waals surface area (Å²) < 4.78 is 0. The molecule has 21 heavy (non-hydrogen) atoms. The molecule has 0 atom stereocenters. The van der Waals surface area contributed by atoms with Crippen LogP contribution in [0.3, 0.4) is 0 Å². The monoisotopic (exact) mass is 300 g/mol. The molecule has 0 fully saturated rings. The maximum atomic E-state index is 12.5. The fourth-order valence-corrected chi connectivity index (χ4v) is 2.71. The van der Waals surface area contributed by atoms with Crippen LogP contribution in [-0.4, -0.2) is 16.0 Å². The van der Waals surface area contributed by atoms with Crippen LogP contribution < -0.4 is 0 Å². The average Bonchev–Trinajstić information content (AvgIpc) is 2.46. The Balaban J connectivity index is 1.97. The van der Waals surface area contributed by atoms with E-state index in [0.717, 1.165) is 11.1 Å². The molecular weight excluding hydrogens is 288 g/mol. The van der Waals surface area contributed by atoms with Crippen molar-refractivity contribution in [2.75, 3.05) is 0 Å². The van der Waals surface area contributed by atoms with Crippen molar-refractivity contribution in [3.63, 3.8) is 0 Å². The first-order valence-corrected chi connectivity index (χ1v) is 6.98. The van der Waals surface area contributed by atoms with E-state index in [4.69, 9.17) is 11.6 Å². The first-order valence-electron chi connectivity index (χ1n) is 6.60. The van der Waals surface area contributed by atoms with E-state index in [1.807, 2.05) is 0 Å². The van der Waals surface area contributed by atoms with Gasteiger partial charge in [0, 0.05) is 11.1 Å². The van der Waals surface area contributed by atoms with Crippen molar-refractivity contribution in [2.24, 2.45) is 0 Å². The van der Waals surface area contributed by atoms with E-state index in [1.165, 1.54) is 12.1 Å². The van der Waals surface area contributed by atoms with Crippen molar-refractivity contribution in [3.05, 3.63) is 63.7 Å². The second-order valence-corrected chi connectivity index (χ2v) is 5.46. The highest BCUT2D eigenvalue weighted by Gasteiger charge is 2.22. The Hall–Kier alpha value is -2.26. The molecule has 0 bridgehead atoms. The Morgan fingerprint density at radius 2 is 1.86 bits per heavy atom. The molecule has 4 heteroatoms. The van der Waals surface area contributed by atoms with Crippen LogP contribution in [0.2, 0.25) is 5.02 Å². The van der Waals surface area contributed by atoms with Gasteiger partial charge in [0.2, 0.25) is 0 Å². The number of allylic oxidation sites excluding steroid dienone is 1. The summed E-state index contributed by atoms with van der Waals surface area (Å²) in [5.74, 6) is 0.175. The Kier molecular flexibility index (Phi) is 3.43. The molecule has 0 spiro atoms. The molecule has 0 amide bonds. The van der Waals surface area contributed by atoms with Gasteiger partial charge in [-0.15, -0.1) is 0 Å². The number of Topliss-reactive ketones (excluding diaryl/α,β-unsaturated/α-hetero) is 1. The maximum Gasteiger partial charge on any atom is 0.189 e. The number of ketones is 1. The summed E-state index contributed by atoms with van der Waals surface area (Å²) in [4.78, 5) is 12.5. The van der Waals surface area contributed by atoms with Gasteiger partial charge >= 0.3 is 0 Å². The fraction of sp³-hybridized carbons (Fsp3) is 0.118. The second-order valence-electron chi connectivity index (χ2n) is 5.05. The normalized spacial score (nSPS) is 16.0. The number of benzene rings is 2. The molecule has 2 N–H and O–H groups in total. The topological polar surface area (TPSA) is 57.5 Å². The van der Waals surface area contributed by atoms with Crippen molar-refractivity contribution in [1.29, 1.82) is 0 Å². The quantitative estimate of drug-likeness (QED) is 0.784. The highest BCUT2D eigenvalue weighted by molar-refractivity contribution is 6.32. The summed E-state index contributed by atoms with van der Waals surface area (Å²) in [6.45, 7) is 0. The van der Waals surface area contributed by atoms with E-state index in [-0.39, 0.29) is 22.3 Å². The summed E-state index contributed by atoms with van der Waals surface area (Å²) in [6, 6.07) is 9.67. The Morgan fingerprint density at radius 1 is 1.05 bits per heavy atom. The van der Waals surface area contributed by atoms with Gasteiger partial charge < -0.3 is 10.2 Å². The van der Waals surface area contributed by atoms with Crippen molar-refractivity contribution < 1.29 is 15.0 Å². The lowest BCUT2D eigenvalue weighted by molar-refractivity contribution is 0.102. The Morgan fingerprint density at radius 3 is 2.62 bits per heavy atom. The summed E-state index contributed by atoms with van der Waals surface area (Å²) in [5, 5.41) is 19.1. The van der Waals surface area contributed by atoms with Gasteiger partial charge in [-0.2, -0.15) is 0 Å². The number of hydrogen-bond donors (Lipinski definition) is 2. The van der Waals surface area contributed by atoms with Gasteiger partial charge in [-0.25, -0.2) is 0 Å². The maximum absolute atomic E-state index is 12.5. The van der Waals surface area contributed by atoms with E-state index in [2.05, 4.69) is 0 Å². The molecule has 106 valence electrons. The zero-order valence-electron chi connectivity index (χ0n) is 11.1. The van der Waals surface area contributed by atoms with Crippen LogP contribution in [0.4, 0.5) is 0 Å². The summed E-state index contributed by atoms with van der Waals surface area (Å²) in [7, 11) is 0. The molecule has 0 saturated heterocycles. The van der Waals surface area contributed by atoms with Crippen molar-refractivity contribution in [2.45, 2.75) is 12.8 Å². The second kappa shape index (κ2) is 5.26. The van der Waals surface area contributed by atoms with Crippen LogP contribution in [0.1, 0.15) is 27.9 Å². The highest BCUT2D eigenvalue weighted by Crippen LogP contribution is 2.30. The zero-order chi connectivity index (χ0) is 15.0. The number of phenols is 2. The predicted octanol–water partition coefficient (Wildman–Crippen LogP) is 3.96. The number of carbonyl (C=O) groups is 1. The number of aryl methyl sites for hydroxylation is 1. The van der Waals surface area contributed by atoms with Crippen LogP contribution in [-0.2, 0) is 6.42 Å². The number of carbonyl (C=O) groups excluding carboxylic acids is 1. The summed E-state index contributed by atoms with van der Waals surface area (Å²) in [6.07, 6.45) is 3.13. The van der Waals surface area contributed by atoms with E-state index in [0.29, 0.717) is 24.0 Å². The van der Waals surface area contributed by atoms with Gasteiger partial charge in [-0.1, -0.05) is 17.7 Å². The number of hydrogen-bond acceptors (Lipinski definition) is 3. The van der Waals surface area contributed by atoms with Crippen molar-refractivity contribution >= 4 is 23.5 Å². The Bertz CT molecular complexity index is 763.